The van der Waals surface area contributed by atoms with Crippen molar-refractivity contribution >= 4 is 28.9 Å². The molecule has 3 N–H and O–H groups in total. The van der Waals surface area contributed by atoms with Gasteiger partial charge in [0, 0.05) is 19.1 Å². The highest BCUT2D eigenvalue weighted by Gasteiger charge is 2.16. The van der Waals surface area contributed by atoms with Crippen LogP contribution in [0.15, 0.2) is 42.5 Å². The van der Waals surface area contributed by atoms with Gasteiger partial charge in [0.2, 0.25) is 5.91 Å². The van der Waals surface area contributed by atoms with E-state index in [4.69, 9.17) is 22.1 Å². The van der Waals surface area contributed by atoms with Crippen LogP contribution in [0.3, 0.4) is 0 Å². The number of amides is 1. The lowest BCUT2D eigenvalue weighted by molar-refractivity contribution is -0.117. The molecule has 0 radical (unpaired) electrons. The first-order chi connectivity index (χ1) is 11.4. The highest BCUT2D eigenvalue weighted by atomic mass is 35.5. The van der Waals surface area contributed by atoms with Gasteiger partial charge in [-0.05, 0) is 42.3 Å². The number of rotatable bonds is 6. The molecule has 0 aliphatic rings. The van der Waals surface area contributed by atoms with Crippen LogP contribution in [0.2, 0.25) is 5.02 Å². The molecule has 1 atom stereocenters. The summed E-state index contributed by atoms with van der Waals surface area (Å²) in [6.07, 6.45) is 0.438. The van der Waals surface area contributed by atoms with Crippen molar-refractivity contribution in [3.8, 4) is 5.75 Å². The van der Waals surface area contributed by atoms with Crippen LogP contribution in [0, 0.1) is 0 Å². The summed E-state index contributed by atoms with van der Waals surface area (Å²) < 4.78 is 5.12. The van der Waals surface area contributed by atoms with Gasteiger partial charge < -0.3 is 20.7 Å². The lowest BCUT2D eigenvalue weighted by Gasteiger charge is -2.20. The third-order valence-electron chi connectivity index (χ3n) is 3.65. The molecule has 5 nitrogen and oxygen atoms in total. The van der Waals surface area contributed by atoms with Crippen molar-refractivity contribution in [1.29, 1.82) is 0 Å². The quantitative estimate of drug-likeness (QED) is 0.843. The predicted molar refractivity (Wildman–Crippen MR) is 99.1 cm³/mol. The van der Waals surface area contributed by atoms with E-state index in [9.17, 15) is 4.79 Å². The molecule has 1 amide bonds. The predicted octanol–water partition coefficient (Wildman–Crippen LogP) is 2.92. The monoisotopic (exact) mass is 347 g/mol. The van der Waals surface area contributed by atoms with Crippen molar-refractivity contribution in [3.05, 3.63) is 53.1 Å². The van der Waals surface area contributed by atoms with Crippen molar-refractivity contribution in [2.45, 2.75) is 12.5 Å². The fraction of sp³-hybridized carbons (Fsp3) is 0.278. The molecule has 0 fully saturated rings. The molecule has 0 bridgehead atoms. The van der Waals surface area contributed by atoms with Crippen LogP contribution in [0.1, 0.15) is 5.56 Å². The minimum atomic E-state index is -0.660. The Morgan fingerprint density at radius 3 is 2.50 bits per heavy atom. The van der Waals surface area contributed by atoms with E-state index in [2.05, 4.69) is 5.32 Å². The molecule has 0 aromatic heterocycles. The molecule has 2 rings (SSSR count). The molecule has 0 spiro atoms. The van der Waals surface area contributed by atoms with Crippen molar-refractivity contribution in [3.63, 3.8) is 0 Å². The van der Waals surface area contributed by atoms with Gasteiger partial charge in [0.15, 0.2) is 0 Å². The lowest BCUT2D eigenvalue weighted by Crippen LogP contribution is -2.37. The number of nitrogens with one attached hydrogen (secondary N) is 1. The first kappa shape index (κ1) is 18.1. The summed E-state index contributed by atoms with van der Waals surface area (Å²) in [5, 5.41) is 3.42. The molecule has 0 heterocycles. The molecule has 0 aliphatic heterocycles. The van der Waals surface area contributed by atoms with Gasteiger partial charge in [0.1, 0.15) is 5.75 Å². The Balaban J connectivity index is 2.07. The molecular weight excluding hydrogens is 326 g/mol. The fourth-order valence-electron chi connectivity index (χ4n) is 2.33. The number of anilines is 2. The fourth-order valence-corrected chi connectivity index (χ4v) is 2.50. The van der Waals surface area contributed by atoms with Gasteiger partial charge in [-0.2, -0.15) is 0 Å². The zero-order valence-electron chi connectivity index (χ0n) is 14.0. The summed E-state index contributed by atoms with van der Waals surface area (Å²) >= 11 is 6.03. The number of ether oxygens (including phenoxy) is 1. The Morgan fingerprint density at radius 2 is 1.92 bits per heavy atom. The maximum atomic E-state index is 12.4. The molecule has 0 unspecified atom stereocenters. The molecule has 2 aromatic carbocycles. The van der Waals surface area contributed by atoms with Gasteiger partial charge in [-0.25, -0.2) is 0 Å². The van der Waals surface area contributed by atoms with E-state index in [-0.39, 0.29) is 5.91 Å². The van der Waals surface area contributed by atoms with E-state index in [0.29, 0.717) is 17.1 Å². The standard InChI is InChI=1S/C18H22ClN3O2/c1-22(2)17-9-6-13(19)11-16(17)21-18(23)15(20)10-12-4-7-14(24-3)8-5-12/h4-9,11,15H,10,20H2,1-3H3,(H,21,23)/t15-/m0/s1. The van der Waals surface area contributed by atoms with E-state index in [1.807, 2.05) is 49.3 Å². The number of benzene rings is 2. The average molecular weight is 348 g/mol. The Labute approximate surface area is 147 Å². The van der Waals surface area contributed by atoms with E-state index >= 15 is 0 Å². The Hall–Kier alpha value is -2.24. The summed E-state index contributed by atoms with van der Waals surface area (Å²) in [4.78, 5) is 14.3. The molecule has 2 aromatic rings. The van der Waals surface area contributed by atoms with Crippen molar-refractivity contribution in [2.75, 3.05) is 31.4 Å². The summed E-state index contributed by atoms with van der Waals surface area (Å²) in [5.41, 5.74) is 8.52. The highest BCUT2D eigenvalue weighted by Crippen LogP contribution is 2.28. The zero-order valence-corrected chi connectivity index (χ0v) is 14.8. The van der Waals surface area contributed by atoms with Gasteiger partial charge in [-0.15, -0.1) is 0 Å². The number of nitrogens with two attached hydrogens (primary N) is 1. The first-order valence-corrected chi connectivity index (χ1v) is 7.94. The van der Waals surface area contributed by atoms with E-state index in [0.717, 1.165) is 17.0 Å². The highest BCUT2D eigenvalue weighted by molar-refractivity contribution is 6.31. The second-order valence-corrected chi connectivity index (χ2v) is 6.14. The number of hydrogen-bond donors (Lipinski definition) is 2. The van der Waals surface area contributed by atoms with Crippen LogP contribution in [0.25, 0.3) is 0 Å². The minimum Gasteiger partial charge on any atom is -0.497 e. The van der Waals surface area contributed by atoms with Crippen molar-refractivity contribution in [1.82, 2.24) is 0 Å². The SMILES string of the molecule is COc1ccc(C[C@H](N)C(=O)Nc2cc(Cl)ccc2N(C)C)cc1. The van der Waals surface area contributed by atoms with Crippen molar-refractivity contribution in [2.24, 2.45) is 5.73 Å². The van der Waals surface area contributed by atoms with Crippen LogP contribution >= 0.6 is 11.6 Å². The molecule has 24 heavy (non-hydrogen) atoms. The summed E-state index contributed by atoms with van der Waals surface area (Å²) in [7, 11) is 5.41. The molecular formula is C18H22ClN3O2. The number of nitrogens with zero attached hydrogens (tertiary/aromatic N) is 1. The van der Waals surface area contributed by atoms with Crippen molar-refractivity contribution < 1.29 is 9.53 Å². The molecule has 128 valence electrons. The maximum absolute atomic E-state index is 12.4. The summed E-state index contributed by atoms with van der Waals surface area (Å²) in [6, 6.07) is 12.2. The summed E-state index contributed by atoms with van der Waals surface area (Å²) in [5.74, 6) is 0.516. The van der Waals surface area contributed by atoms with E-state index in [1.165, 1.54) is 0 Å². The Bertz CT molecular complexity index is 702. The zero-order chi connectivity index (χ0) is 17.7. The molecule has 0 saturated carbocycles. The molecule has 0 aliphatic carbocycles. The topological polar surface area (TPSA) is 67.6 Å². The van der Waals surface area contributed by atoms with E-state index in [1.54, 1.807) is 19.2 Å². The number of halogens is 1. The second-order valence-electron chi connectivity index (χ2n) is 5.70. The van der Waals surface area contributed by atoms with Gasteiger partial charge >= 0.3 is 0 Å². The number of carbonyl (C=O) groups excluding carboxylic acids is 1. The van der Waals surface area contributed by atoms with E-state index < -0.39 is 6.04 Å². The Kier molecular flexibility index (Phi) is 6.06. The first-order valence-electron chi connectivity index (χ1n) is 7.57. The van der Waals surface area contributed by atoms with Crippen LogP contribution < -0.4 is 20.7 Å². The average Bonchev–Trinajstić information content (AvgIpc) is 2.55. The number of hydrogen-bond acceptors (Lipinski definition) is 4. The molecule has 0 saturated heterocycles. The maximum Gasteiger partial charge on any atom is 0.241 e. The van der Waals surface area contributed by atoms with Crippen LogP contribution in [-0.4, -0.2) is 33.2 Å². The van der Waals surface area contributed by atoms with Crippen LogP contribution in [-0.2, 0) is 11.2 Å². The summed E-state index contributed by atoms with van der Waals surface area (Å²) in [6.45, 7) is 0. The van der Waals surface area contributed by atoms with Gasteiger partial charge in [0.05, 0.1) is 24.5 Å². The smallest absolute Gasteiger partial charge is 0.241 e. The van der Waals surface area contributed by atoms with Gasteiger partial charge in [-0.1, -0.05) is 23.7 Å². The number of carbonyl (C=O) groups is 1. The minimum absolute atomic E-state index is 0.254. The van der Waals surface area contributed by atoms with Gasteiger partial charge in [-0.3, -0.25) is 4.79 Å². The van der Waals surface area contributed by atoms with Crippen LogP contribution in [0.4, 0.5) is 11.4 Å². The second kappa shape index (κ2) is 8.04. The normalized spacial score (nSPS) is 11.7. The largest absolute Gasteiger partial charge is 0.497 e. The third kappa shape index (κ3) is 4.63. The third-order valence-corrected chi connectivity index (χ3v) is 3.88. The molecule has 6 heteroatoms. The van der Waals surface area contributed by atoms with Gasteiger partial charge in [0.25, 0.3) is 0 Å². The lowest BCUT2D eigenvalue weighted by atomic mass is 10.1. The number of methoxy groups -OCH3 is 1. The Morgan fingerprint density at radius 1 is 1.25 bits per heavy atom. The van der Waals surface area contributed by atoms with Crippen LogP contribution in [0.5, 0.6) is 5.75 Å².